The van der Waals surface area contributed by atoms with Crippen LogP contribution in [0.15, 0.2) is 0 Å². The maximum Gasteiger partial charge on any atom is 0.308 e. The molecule has 1 rings (SSSR count). The number of rotatable bonds is 6. The van der Waals surface area contributed by atoms with E-state index in [-0.39, 0.29) is 17.9 Å². The maximum atomic E-state index is 12.3. The quantitative estimate of drug-likeness (QED) is 0.762. The molecule has 1 fully saturated rings. The summed E-state index contributed by atoms with van der Waals surface area (Å²) < 4.78 is 0. The summed E-state index contributed by atoms with van der Waals surface area (Å²) in [6.45, 7) is 7.12. The third-order valence-electron chi connectivity index (χ3n) is 3.99. The van der Waals surface area contributed by atoms with Crippen LogP contribution in [0.25, 0.3) is 0 Å². The molecule has 1 saturated heterocycles. The van der Waals surface area contributed by atoms with Gasteiger partial charge < -0.3 is 15.7 Å². The van der Waals surface area contributed by atoms with Gasteiger partial charge in [0.2, 0.25) is 5.91 Å². The van der Waals surface area contributed by atoms with E-state index in [0.29, 0.717) is 31.8 Å². The Morgan fingerprint density at radius 2 is 2.05 bits per heavy atom. The van der Waals surface area contributed by atoms with E-state index in [1.165, 1.54) is 0 Å². The lowest BCUT2D eigenvalue weighted by Crippen LogP contribution is -2.39. The Morgan fingerprint density at radius 3 is 2.47 bits per heavy atom. The Labute approximate surface area is 115 Å². The zero-order valence-electron chi connectivity index (χ0n) is 12.1. The Kier molecular flexibility index (Phi) is 5.79. The lowest BCUT2D eigenvalue weighted by molar-refractivity contribution is -0.143. The standard InChI is InChI=1S/C14H26N2O3/c1-9(2)6-11(8-15)7-13(17)16-5-4-12(10(16)3)14(18)19/h9-12H,4-8,15H2,1-3H3,(H,18,19). The minimum atomic E-state index is -0.805. The van der Waals surface area contributed by atoms with Gasteiger partial charge in [-0.05, 0) is 38.1 Å². The molecule has 3 atom stereocenters. The van der Waals surface area contributed by atoms with E-state index in [1.54, 1.807) is 4.90 Å². The summed E-state index contributed by atoms with van der Waals surface area (Å²) >= 11 is 0. The van der Waals surface area contributed by atoms with Crippen LogP contribution >= 0.6 is 0 Å². The van der Waals surface area contributed by atoms with Gasteiger partial charge in [-0.1, -0.05) is 13.8 Å². The lowest BCUT2D eigenvalue weighted by atomic mass is 9.93. The summed E-state index contributed by atoms with van der Waals surface area (Å²) in [7, 11) is 0. The molecule has 0 spiro atoms. The van der Waals surface area contributed by atoms with Crippen LogP contribution < -0.4 is 5.73 Å². The minimum absolute atomic E-state index is 0.0485. The van der Waals surface area contributed by atoms with Gasteiger partial charge in [-0.3, -0.25) is 9.59 Å². The highest BCUT2D eigenvalue weighted by Crippen LogP contribution is 2.26. The van der Waals surface area contributed by atoms with E-state index in [1.807, 2.05) is 6.92 Å². The van der Waals surface area contributed by atoms with E-state index < -0.39 is 11.9 Å². The van der Waals surface area contributed by atoms with Gasteiger partial charge >= 0.3 is 5.97 Å². The van der Waals surface area contributed by atoms with Gasteiger partial charge in [-0.2, -0.15) is 0 Å². The molecule has 110 valence electrons. The molecule has 5 nitrogen and oxygen atoms in total. The number of carboxylic acids is 1. The van der Waals surface area contributed by atoms with Crippen molar-refractivity contribution < 1.29 is 14.7 Å². The fourth-order valence-corrected chi connectivity index (χ4v) is 2.92. The van der Waals surface area contributed by atoms with Crippen LogP contribution in [0.1, 0.15) is 40.0 Å². The third kappa shape index (κ3) is 4.20. The van der Waals surface area contributed by atoms with Crippen LogP contribution in [0.3, 0.4) is 0 Å². The van der Waals surface area contributed by atoms with Crippen molar-refractivity contribution in [1.82, 2.24) is 4.90 Å². The number of nitrogens with zero attached hydrogens (tertiary/aromatic N) is 1. The van der Waals surface area contributed by atoms with Crippen LogP contribution in [-0.2, 0) is 9.59 Å². The molecule has 0 aromatic carbocycles. The summed E-state index contributed by atoms with van der Waals surface area (Å²) in [6.07, 6.45) is 1.93. The summed E-state index contributed by atoms with van der Waals surface area (Å²) in [5.41, 5.74) is 5.71. The van der Waals surface area contributed by atoms with Crippen molar-refractivity contribution in [2.75, 3.05) is 13.1 Å². The molecule has 0 aromatic heterocycles. The first-order valence-electron chi connectivity index (χ1n) is 7.09. The SMILES string of the molecule is CC(C)CC(CN)CC(=O)N1CCC(C(=O)O)C1C. The number of carbonyl (C=O) groups is 2. The van der Waals surface area contributed by atoms with Gasteiger partial charge in [0.05, 0.1) is 5.92 Å². The summed E-state index contributed by atoms with van der Waals surface area (Å²) in [6, 6.07) is -0.206. The Morgan fingerprint density at radius 1 is 1.42 bits per heavy atom. The van der Waals surface area contributed by atoms with Crippen LogP contribution in [-0.4, -0.2) is 41.0 Å². The van der Waals surface area contributed by atoms with Crippen molar-refractivity contribution >= 4 is 11.9 Å². The van der Waals surface area contributed by atoms with Crippen molar-refractivity contribution in [3.05, 3.63) is 0 Å². The Bertz CT molecular complexity index is 331. The predicted molar refractivity (Wildman–Crippen MR) is 73.5 cm³/mol. The Hall–Kier alpha value is -1.10. The van der Waals surface area contributed by atoms with Gasteiger partial charge in [-0.25, -0.2) is 0 Å². The number of likely N-dealkylation sites (tertiary alicyclic amines) is 1. The average molecular weight is 270 g/mol. The third-order valence-corrected chi connectivity index (χ3v) is 3.99. The van der Waals surface area contributed by atoms with Gasteiger partial charge in [0.15, 0.2) is 0 Å². The van der Waals surface area contributed by atoms with Crippen molar-refractivity contribution in [3.63, 3.8) is 0 Å². The van der Waals surface area contributed by atoms with Crippen molar-refractivity contribution in [2.45, 2.75) is 46.1 Å². The molecule has 1 heterocycles. The fourth-order valence-electron chi connectivity index (χ4n) is 2.92. The first-order valence-corrected chi connectivity index (χ1v) is 7.09. The molecule has 1 aliphatic heterocycles. The van der Waals surface area contributed by atoms with E-state index in [4.69, 9.17) is 10.8 Å². The average Bonchev–Trinajstić information content (AvgIpc) is 2.69. The normalized spacial score (nSPS) is 24.8. The Balaban J connectivity index is 2.56. The minimum Gasteiger partial charge on any atom is -0.481 e. The highest BCUT2D eigenvalue weighted by atomic mass is 16.4. The molecule has 0 bridgehead atoms. The molecule has 0 aliphatic carbocycles. The van der Waals surface area contributed by atoms with Gasteiger partial charge in [0.1, 0.15) is 0 Å². The predicted octanol–water partition coefficient (Wildman–Crippen LogP) is 1.32. The molecule has 3 N–H and O–H groups in total. The van der Waals surface area contributed by atoms with Crippen LogP contribution in [0.5, 0.6) is 0 Å². The molecule has 19 heavy (non-hydrogen) atoms. The zero-order valence-corrected chi connectivity index (χ0v) is 12.1. The number of carbonyl (C=O) groups excluding carboxylic acids is 1. The van der Waals surface area contributed by atoms with Crippen molar-refractivity contribution in [1.29, 1.82) is 0 Å². The molecule has 3 unspecified atom stereocenters. The molecule has 5 heteroatoms. The maximum absolute atomic E-state index is 12.3. The number of aliphatic carboxylic acids is 1. The molecular weight excluding hydrogens is 244 g/mol. The van der Waals surface area contributed by atoms with E-state index >= 15 is 0 Å². The highest BCUT2D eigenvalue weighted by molar-refractivity contribution is 5.79. The van der Waals surface area contributed by atoms with Gasteiger partial charge in [0, 0.05) is 19.0 Å². The lowest BCUT2D eigenvalue weighted by Gasteiger charge is -2.26. The fraction of sp³-hybridized carbons (Fsp3) is 0.857. The molecule has 1 aliphatic rings. The summed E-state index contributed by atoms with van der Waals surface area (Å²) in [5.74, 6) is -0.467. The van der Waals surface area contributed by atoms with Crippen LogP contribution in [0, 0.1) is 17.8 Å². The number of carboxylic acid groups (broad SMARTS) is 1. The number of amides is 1. The van der Waals surface area contributed by atoms with Gasteiger partial charge in [0.25, 0.3) is 0 Å². The summed E-state index contributed by atoms with van der Waals surface area (Å²) in [5, 5.41) is 9.07. The van der Waals surface area contributed by atoms with E-state index in [2.05, 4.69) is 13.8 Å². The number of hydrogen-bond donors (Lipinski definition) is 2. The first-order chi connectivity index (χ1) is 8.86. The monoisotopic (exact) mass is 270 g/mol. The topological polar surface area (TPSA) is 83.6 Å². The van der Waals surface area contributed by atoms with Crippen molar-refractivity contribution in [3.8, 4) is 0 Å². The second kappa shape index (κ2) is 6.89. The second-order valence-corrected chi connectivity index (χ2v) is 6.00. The smallest absolute Gasteiger partial charge is 0.308 e. The number of hydrogen-bond acceptors (Lipinski definition) is 3. The first kappa shape index (κ1) is 16.0. The van der Waals surface area contributed by atoms with Gasteiger partial charge in [-0.15, -0.1) is 0 Å². The highest BCUT2D eigenvalue weighted by Gasteiger charge is 2.38. The molecule has 0 radical (unpaired) electrons. The molecule has 0 aromatic rings. The van der Waals surface area contributed by atoms with Crippen LogP contribution in [0.2, 0.25) is 0 Å². The largest absolute Gasteiger partial charge is 0.481 e. The molecule has 1 amide bonds. The summed E-state index contributed by atoms with van der Waals surface area (Å²) in [4.78, 5) is 25.0. The second-order valence-electron chi connectivity index (χ2n) is 6.00. The molecule has 0 saturated carbocycles. The van der Waals surface area contributed by atoms with Crippen molar-refractivity contribution in [2.24, 2.45) is 23.5 Å². The van der Waals surface area contributed by atoms with E-state index in [0.717, 1.165) is 6.42 Å². The van der Waals surface area contributed by atoms with Crippen LogP contribution in [0.4, 0.5) is 0 Å². The molecular formula is C14H26N2O3. The zero-order chi connectivity index (χ0) is 14.6. The number of nitrogens with two attached hydrogens (primary N) is 1. The van der Waals surface area contributed by atoms with E-state index in [9.17, 15) is 9.59 Å².